The summed E-state index contributed by atoms with van der Waals surface area (Å²) in [7, 11) is 0. The zero-order valence-corrected chi connectivity index (χ0v) is 46.7. The molecule has 0 rings (SSSR count). The zero-order valence-electron chi connectivity index (χ0n) is 46.7. The Morgan fingerprint density at radius 2 is 0.549 bits per heavy atom. The Morgan fingerprint density at radius 1 is 0.282 bits per heavy atom. The van der Waals surface area contributed by atoms with Crippen LogP contribution in [0.15, 0.2) is 85.1 Å². The quantitative estimate of drug-likeness (QED) is 0.0199. The molecule has 0 fully saturated rings. The van der Waals surface area contributed by atoms with Crippen LogP contribution in [0.1, 0.15) is 290 Å². The molecule has 1 unspecified atom stereocenters. The van der Waals surface area contributed by atoms with Gasteiger partial charge in [-0.2, -0.15) is 0 Å². The van der Waals surface area contributed by atoms with E-state index in [2.05, 4.69) is 81.5 Å². The number of rotatable bonds is 54. The topological polar surface area (TPSA) is 78.9 Å². The van der Waals surface area contributed by atoms with E-state index in [0.717, 1.165) is 96.3 Å². The van der Waals surface area contributed by atoms with Crippen molar-refractivity contribution in [3.63, 3.8) is 0 Å². The van der Waals surface area contributed by atoms with Gasteiger partial charge in [-0.3, -0.25) is 14.4 Å². The second kappa shape index (κ2) is 59.2. The highest BCUT2D eigenvalue weighted by Crippen LogP contribution is 2.15. The molecular formula is C65H112O6. The average molecular weight is 990 g/mol. The van der Waals surface area contributed by atoms with Crippen molar-refractivity contribution in [1.29, 1.82) is 0 Å². The van der Waals surface area contributed by atoms with E-state index in [9.17, 15) is 14.4 Å². The van der Waals surface area contributed by atoms with Crippen LogP contribution in [0, 0.1) is 0 Å². The number of esters is 3. The third-order valence-corrected chi connectivity index (χ3v) is 13.0. The Kier molecular flexibility index (Phi) is 56.3. The first-order valence-corrected chi connectivity index (χ1v) is 30.2. The maximum absolute atomic E-state index is 12.9. The molecule has 0 aliphatic carbocycles. The number of allylic oxidation sites excluding steroid dienone is 14. The van der Waals surface area contributed by atoms with Gasteiger partial charge >= 0.3 is 17.9 Å². The minimum atomic E-state index is -0.795. The standard InChI is InChI=1S/C65H112O6/c1-4-7-10-13-16-19-22-25-28-31-34-37-40-43-46-49-52-55-58-64(67)70-61-62(60-69-63(66)57-54-51-48-45-42-39-36-33-30-27-24-21-18-15-12-9-6-3)71-65(68)59-56-53-50-47-44-41-38-35-32-29-26-23-20-17-14-11-8-5-2/h10,13,16,19,22,25,27-28,30-31,34-35,37-38,62H,4-9,11-12,14-15,17-18,20-21,23-24,26,29,32-33,36,39-61H2,1-3H3/b13-10-,19-16-,25-22-,30-27-,31-28-,37-34-,38-35-. The lowest BCUT2D eigenvalue weighted by atomic mass is 10.1. The summed E-state index contributed by atoms with van der Waals surface area (Å²) in [5.74, 6) is -0.919. The highest BCUT2D eigenvalue weighted by molar-refractivity contribution is 5.71. The molecular weight excluding hydrogens is 877 g/mol. The van der Waals surface area contributed by atoms with Crippen LogP contribution in [0.2, 0.25) is 0 Å². The maximum Gasteiger partial charge on any atom is 0.306 e. The lowest BCUT2D eigenvalue weighted by molar-refractivity contribution is -0.167. The summed E-state index contributed by atoms with van der Waals surface area (Å²) < 4.78 is 16.9. The Hall–Kier alpha value is -3.41. The van der Waals surface area contributed by atoms with Crippen LogP contribution in [-0.4, -0.2) is 37.2 Å². The maximum atomic E-state index is 12.9. The van der Waals surface area contributed by atoms with Crippen molar-refractivity contribution >= 4 is 17.9 Å². The molecule has 0 N–H and O–H groups in total. The van der Waals surface area contributed by atoms with Crippen molar-refractivity contribution in [3.8, 4) is 0 Å². The van der Waals surface area contributed by atoms with Crippen molar-refractivity contribution < 1.29 is 28.6 Å². The molecule has 0 aliphatic heterocycles. The summed E-state index contributed by atoms with van der Waals surface area (Å²) >= 11 is 0. The number of hydrogen-bond donors (Lipinski definition) is 0. The molecule has 0 radical (unpaired) electrons. The predicted octanol–water partition coefficient (Wildman–Crippen LogP) is 20.3. The summed E-state index contributed by atoms with van der Waals surface area (Å²) in [6.45, 7) is 6.54. The molecule has 408 valence electrons. The smallest absolute Gasteiger partial charge is 0.306 e. The van der Waals surface area contributed by atoms with Gasteiger partial charge in [0.15, 0.2) is 6.10 Å². The third-order valence-electron chi connectivity index (χ3n) is 13.0. The first-order valence-electron chi connectivity index (χ1n) is 30.2. The predicted molar refractivity (Wildman–Crippen MR) is 307 cm³/mol. The minimum Gasteiger partial charge on any atom is -0.462 e. The van der Waals surface area contributed by atoms with Gasteiger partial charge in [-0.05, 0) is 89.9 Å². The van der Waals surface area contributed by atoms with Gasteiger partial charge in [-0.15, -0.1) is 0 Å². The zero-order chi connectivity index (χ0) is 51.4. The van der Waals surface area contributed by atoms with E-state index in [0.29, 0.717) is 19.3 Å². The van der Waals surface area contributed by atoms with E-state index in [-0.39, 0.29) is 31.1 Å². The Morgan fingerprint density at radius 3 is 0.887 bits per heavy atom. The van der Waals surface area contributed by atoms with Gasteiger partial charge in [-0.1, -0.05) is 266 Å². The molecule has 0 spiro atoms. The highest BCUT2D eigenvalue weighted by Gasteiger charge is 2.19. The lowest BCUT2D eigenvalue weighted by Crippen LogP contribution is -2.30. The SMILES string of the molecule is CCC\C=C/C=C\C=C/C=C\C=C/CCCCCCCC(=O)OCC(COC(=O)CCCCCCCCC/C=C\CCCCCCCC)OC(=O)CCCCCCC/C=C\CCCCCCCCCCC. The molecule has 0 aliphatic rings. The number of carbonyl (C=O) groups excluding carboxylic acids is 3. The van der Waals surface area contributed by atoms with Crippen LogP contribution in [0.4, 0.5) is 0 Å². The van der Waals surface area contributed by atoms with Crippen molar-refractivity contribution in [3.05, 3.63) is 85.1 Å². The van der Waals surface area contributed by atoms with Gasteiger partial charge in [0, 0.05) is 19.3 Å². The fourth-order valence-electron chi connectivity index (χ4n) is 8.40. The van der Waals surface area contributed by atoms with Crippen molar-refractivity contribution in [1.82, 2.24) is 0 Å². The second-order valence-corrected chi connectivity index (χ2v) is 20.0. The fraction of sp³-hybridized carbons (Fsp3) is 0.738. The largest absolute Gasteiger partial charge is 0.462 e. The molecule has 0 heterocycles. The average Bonchev–Trinajstić information content (AvgIpc) is 3.37. The van der Waals surface area contributed by atoms with Gasteiger partial charge < -0.3 is 14.2 Å². The molecule has 0 aromatic heterocycles. The van der Waals surface area contributed by atoms with E-state index >= 15 is 0 Å². The van der Waals surface area contributed by atoms with Gasteiger partial charge in [-0.25, -0.2) is 0 Å². The number of carbonyl (C=O) groups is 3. The van der Waals surface area contributed by atoms with Gasteiger partial charge in [0.05, 0.1) is 0 Å². The molecule has 71 heavy (non-hydrogen) atoms. The van der Waals surface area contributed by atoms with Crippen LogP contribution < -0.4 is 0 Å². The van der Waals surface area contributed by atoms with Crippen LogP contribution in [0.25, 0.3) is 0 Å². The molecule has 0 bridgehead atoms. The van der Waals surface area contributed by atoms with Gasteiger partial charge in [0.25, 0.3) is 0 Å². The van der Waals surface area contributed by atoms with Crippen LogP contribution in [0.3, 0.4) is 0 Å². The van der Waals surface area contributed by atoms with E-state index < -0.39 is 6.10 Å². The minimum absolute atomic E-state index is 0.0901. The first kappa shape index (κ1) is 67.6. The molecule has 6 heteroatoms. The van der Waals surface area contributed by atoms with Crippen molar-refractivity contribution in [2.75, 3.05) is 13.2 Å². The molecule has 0 saturated carbocycles. The van der Waals surface area contributed by atoms with E-state index in [1.165, 1.54) is 154 Å². The van der Waals surface area contributed by atoms with Gasteiger partial charge in [0.1, 0.15) is 13.2 Å². The Labute approximate surface area is 439 Å². The van der Waals surface area contributed by atoms with E-state index in [4.69, 9.17) is 14.2 Å². The lowest BCUT2D eigenvalue weighted by Gasteiger charge is -2.18. The van der Waals surface area contributed by atoms with Crippen molar-refractivity contribution in [2.45, 2.75) is 297 Å². The summed E-state index contributed by atoms with van der Waals surface area (Å²) in [6.07, 6.45) is 77.1. The first-order chi connectivity index (χ1) is 35.0. The van der Waals surface area contributed by atoms with Crippen molar-refractivity contribution in [2.24, 2.45) is 0 Å². The monoisotopic (exact) mass is 989 g/mol. The number of hydrogen-bond acceptors (Lipinski definition) is 6. The highest BCUT2D eigenvalue weighted by atomic mass is 16.6. The van der Waals surface area contributed by atoms with Crippen LogP contribution in [-0.2, 0) is 28.6 Å². The van der Waals surface area contributed by atoms with E-state index in [1.54, 1.807) is 0 Å². The summed E-state index contributed by atoms with van der Waals surface area (Å²) in [4.78, 5) is 38.2. The fourth-order valence-corrected chi connectivity index (χ4v) is 8.40. The molecule has 0 amide bonds. The third kappa shape index (κ3) is 57.4. The normalized spacial score (nSPS) is 12.7. The Balaban J connectivity index is 4.45. The molecule has 1 atom stereocenters. The Bertz CT molecular complexity index is 1370. The van der Waals surface area contributed by atoms with E-state index in [1.807, 2.05) is 24.3 Å². The molecule has 0 saturated heterocycles. The molecule has 0 aromatic rings. The molecule has 0 aromatic carbocycles. The summed E-state index contributed by atoms with van der Waals surface area (Å²) in [5.41, 5.74) is 0. The van der Waals surface area contributed by atoms with Crippen LogP contribution >= 0.6 is 0 Å². The molecule has 6 nitrogen and oxygen atoms in total. The van der Waals surface area contributed by atoms with Gasteiger partial charge in [0.2, 0.25) is 0 Å². The number of ether oxygens (including phenoxy) is 3. The summed E-state index contributed by atoms with van der Waals surface area (Å²) in [5, 5.41) is 0. The van der Waals surface area contributed by atoms with Crippen LogP contribution in [0.5, 0.6) is 0 Å². The number of unbranched alkanes of at least 4 members (excludes halogenated alkanes) is 33. The summed E-state index contributed by atoms with van der Waals surface area (Å²) in [6, 6.07) is 0. The second-order valence-electron chi connectivity index (χ2n) is 20.0.